The second kappa shape index (κ2) is 6.92. The monoisotopic (exact) mass is 339 g/mol. The van der Waals surface area contributed by atoms with Gasteiger partial charge in [-0.2, -0.15) is 0 Å². The maximum absolute atomic E-state index is 5.93. The summed E-state index contributed by atoms with van der Waals surface area (Å²) < 4.78 is 1.14. The fraction of sp³-hybridized carbons (Fsp3) is 0.625. The average molecular weight is 340 g/mol. The molecule has 1 aliphatic heterocycles. The Hall–Kier alpha value is -0.580. The Kier molecular flexibility index (Phi) is 5.47. The molecule has 1 fully saturated rings. The van der Waals surface area contributed by atoms with Gasteiger partial charge in [0.15, 0.2) is 0 Å². The molecule has 112 valence electrons. The van der Waals surface area contributed by atoms with Crippen LogP contribution in [0, 0.1) is 5.92 Å². The van der Waals surface area contributed by atoms with E-state index in [1.54, 1.807) is 0 Å². The Morgan fingerprint density at radius 2 is 2.05 bits per heavy atom. The van der Waals surface area contributed by atoms with Gasteiger partial charge in [-0.3, -0.25) is 0 Å². The molecule has 1 aliphatic rings. The third kappa shape index (κ3) is 3.96. The van der Waals surface area contributed by atoms with Crippen LogP contribution in [0.15, 0.2) is 22.7 Å². The lowest BCUT2D eigenvalue weighted by molar-refractivity contribution is 0.222. The number of hydrogen-bond acceptors (Lipinski definition) is 3. The number of benzene rings is 1. The fourth-order valence-electron chi connectivity index (χ4n) is 2.85. The van der Waals surface area contributed by atoms with Crippen molar-refractivity contribution in [2.75, 3.05) is 38.6 Å². The summed E-state index contributed by atoms with van der Waals surface area (Å²) in [5, 5.41) is 0. The third-order valence-corrected chi connectivity index (χ3v) is 4.91. The molecule has 1 aromatic carbocycles. The molecule has 4 heteroatoms. The van der Waals surface area contributed by atoms with E-state index in [0.29, 0.717) is 0 Å². The lowest BCUT2D eigenvalue weighted by Crippen LogP contribution is -2.35. The number of piperidine rings is 1. The Labute approximate surface area is 131 Å². The smallest absolute Gasteiger partial charge is 0.0508 e. The molecular formula is C16H26BrN3. The maximum atomic E-state index is 5.93. The summed E-state index contributed by atoms with van der Waals surface area (Å²) in [5.74, 6) is 0.802. The van der Waals surface area contributed by atoms with Crippen molar-refractivity contribution in [2.45, 2.75) is 25.8 Å². The van der Waals surface area contributed by atoms with Gasteiger partial charge in [0.05, 0.1) is 5.69 Å². The SMILES string of the molecule is CC(N)c1ccc(N(C)CC2CCN(C)CC2)c(Br)c1. The van der Waals surface area contributed by atoms with Crippen molar-refractivity contribution in [3.63, 3.8) is 0 Å². The predicted molar refractivity (Wildman–Crippen MR) is 90.2 cm³/mol. The van der Waals surface area contributed by atoms with Gasteiger partial charge in [-0.05, 0) is 79.4 Å². The highest BCUT2D eigenvalue weighted by molar-refractivity contribution is 9.10. The topological polar surface area (TPSA) is 32.5 Å². The lowest BCUT2D eigenvalue weighted by Gasteiger charge is -2.32. The fourth-order valence-corrected chi connectivity index (χ4v) is 3.55. The van der Waals surface area contributed by atoms with Gasteiger partial charge in [-0.1, -0.05) is 6.07 Å². The molecule has 1 saturated heterocycles. The molecule has 0 spiro atoms. The molecule has 0 bridgehead atoms. The Balaban J connectivity index is 2.00. The van der Waals surface area contributed by atoms with Crippen LogP contribution in [0.5, 0.6) is 0 Å². The third-order valence-electron chi connectivity index (χ3n) is 4.28. The van der Waals surface area contributed by atoms with Crippen LogP contribution in [-0.2, 0) is 0 Å². The Bertz CT molecular complexity index is 439. The summed E-state index contributed by atoms with van der Waals surface area (Å²) in [6.45, 7) is 5.60. The number of rotatable bonds is 4. The van der Waals surface area contributed by atoms with E-state index in [2.05, 4.69) is 58.0 Å². The number of nitrogens with zero attached hydrogens (tertiary/aromatic N) is 2. The van der Waals surface area contributed by atoms with Crippen LogP contribution >= 0.6 is 15.9 Å². The minimum Gasteiger partial charge on any atom is -0.373 e. The molecule has 0 saturated carbocycles. The molecule has 20 heavy (non-hydrogen) atoms. The van der Waals surface area contributed by atoms with Gasteiger partial charge in [-0.15, -0.1) is 0 Å². The molecular weight excluding hydrogens is 314 g/mol. The van der Waals surface area contributed by atoms with Crippen molar-refractivity contribution in [3.05, 3.63) is 28.2 Å². The molecule has 0 aliphatic carbocycles. The van der Waals surface area contributed by atoms with E-state index >= 15 is 0 Å². The summed E-state index contributed by atoms with van der Waals surface area (Å²) in [7, 11) is 4.40. The summed E-state index contributed by atoms with van der Waals surface area (Å²) in [5.41, 5.74) is 8.36. The second-order valence-electron chi connectivity index (χ2n) is 6.13. The molecule has 1 aromatic rings. The van der Waals surface area contributed by atoms with Crippen LogP contribution in [-0.4, -0.2) is 38.6 Å². The summed E-state index contributed by atoms with van der Waals surface area (Å²) in [6.07, 6.45) is 2.60. The summed E-state index contributed by atoms with van der Waals surface area (Å²) >= 11 is 3.68. The van der Waals surface area contributed by atoms with Crippen LogP contribution in [0.1, 0.15) is 31.4 Å². The van der Waals surface area contributed by atoms with E-state index < -0.39 is 0 Å². The number of anilines is 1. The molecule has 0 amide bonds. The molecule has 0 aromatic heterocycles. The summed E-state index contributed by atoms with van der Waals surface area (Å²) in [4.78, 5) is 4.79. The van der Waals surface area contributed by atoms with E-state index in [-0.39, 0.29) is 6.04 Å². The standard InChI is InChI=1S/C16H26BrN3/c1-12(18)14-4-5-16(15(17)10-14)20(3)11-13-6-8-19(2)9-7-13/h4-5,10,12-13H,6-9,11,18H2,1-3H3. The average Bonchev–Trinajstić information content (AvgIpc) is 2.41. The van der Waals surface area contributed by atoms with Crippen molar-refractivity contribution >= 4 is 21.6 Å². The quantitative estimate of drug-likeness (QED) is 0.913. The first kappa shape index (κ1) is 15.8. The largest absolute Gasteiger partial charge is 0.373 e. The highest BCUT2D eigenvalue weighted by Gasteiger charge is 2.19. The first-order valence-corrected chi connectivity index (χ1v) is 8.21. The van der Waals surface area contributed by atoms with Gasteiger partial charge in [0, 0.05) is 24.1 Å². The summed E-state index contributed by atoms with van der Waals surface area (Å²) in [6, 6.07) is 6.54. The first-order chi connectivity index (χ1) is 9.47. The van der Waals surface area contributed by atoms with Gasteiger partial charge in [-0.25, -0.2) is 0 Å². The molecule has 2 rings (SSSR count). The van der Waals surface area contributed by atoms with Crippen molar-refractivity contribution in [2.24, 2.45) is 11.7 Å². The highest BCUT2D eigenvalue weighted by atomic mass is 79.9. The lowest BCUT2D eigenvalue weighted by atomic mass is 9.96. The minimum absolute atomic E-state index is 0.0829. The molecule has 0 radical (unpaired) electrons. The molecule has 2 N–H and O–H groups in total. The Morgan fingerprint density at radius 3 is 2.60 bits per heavy atom. The first-order valence-electron chi connectivity index (χ1n) is 7.42. The maximum Gasteiger partial charge on any atom is 0.0508 e. The van der Waals surface area contributed by atoms with Crippen LogP contribution < -0.4 is 10.6 Å². The number of nitrogens with two attached hydrogens (primary N) is 1. The van der Waals surface area contributed by atoms with E-state index in [1.807, 2.05) is 6.92 Å². The molecule has 1 unspecified atom stereocenters. The highest BCUT2D eigenvalue weighted by Crippen LogP contribution is 2.29. The van der Waals surface area contributed by atoms with Gasteiger partial charge < -0.3 is 15.5 Å². The van der Waals surface area contributed by atoms with Crippen LogP contribution in [0.3, 0.4) is 0 Å². The van der Waals surface area contributed by atoms with Crippen LogP contribution in [0.4, 0.5) is 5.69 Å². The number of halogens is 1. The van der Waals surface area contributed by atoms with E-state index in [1.165, 1.54) is 37.2 Å². The minimum atomic E-state index is 0.0829. The zero-order chi connectivity index (χ0) is 14.7. The number of likely N-dealkylation sites (tertiary alicyclic amines) is 1. The van der Waals surface area contributed by atoms with Gasteiger partial charge in [0.25, 0.3) is 0 Å². The van der Waals surface area contributed by atoms with E-state index in [4.69, 9.17) is 5.73 Å². The zero-order valence-electron chi connectivity index (χ0n) is 12.8. The van der Waals surface area contributed by atoms with Crippen molar-refractivity contribution in [3.8, 4) is 0 Å². The number of hydrogen-bond donors (Lipinski definition) is 1. The van der Waals surface area contributed by atoms with Crippen LogP contribution in [0.25, 0.3) is 0 Å². The van der Waals surface area contributed by atoms with Crippen molar-refractivity contribution in [1.29, 1.82) is 0 Å². The van der Waals surface area contributed by atoms with E-state index in [0.717, 1.165) is 16.9 Å². The normalized spacial score (nSPS) is 19.1. The van der Waals surface area contributed by atoms with Crippen molar-refractivity contribution in [1.82, 2.24) is 4.90 Å². The van der Waals surface area contributed by atoms with Crippen molar-refractivity contribution < 1.29 is 0 Å². The van der Waals surface area contributed by atoms with Gasteiger partial charge in [0.1, 0.15) is 0 Å². The molecule has 1 heterocycles. The zero-order valence-corrected chi connectivity index (χ0v) is 14.4. The molecule has 1 atom stereocenters. The molecule has 3 nitrogen and oxygen atoms in total. The van der Waals surface area contributed by atoms with Crippen LogP contribution in [0.2, 0.25) is 0 Å². The van der Waals surface area contributed by atoms with Gasteiger partial charge in [0.2, 0.25) is 0 Å². The van der Waals surface area contributed by atoms with E-state index in [9.17, 15) is 0 Å². The predicted octanol–water partition coefficient (Wildman–Crippen LogP) is 3.25. The second-order valence-corrected chi connectivity index (χ2v) is 6.98. The van der Waals surface area contributed by atoms with Gasteiger partial charge >= 0.3 is 0 Å². The Morgan fingerprint density at radius 1 is 1.40 bits per heavy atom.